The Labute approximate surface area is 127 Å². The van der Waals surface area contributed by atoms with Crippen LogP contribution in [0.4, 0.5) is 0 Å². The summed E-state index contributed by atoms with van der Waals surface area (Å²) in [4.78, 5) is 11.5. The molecule has 7 heteroatoms. The molecule has 0 spiro atoms. The smallest absolute Gasteiger partial charge is 0.261 e. The van der Waals surface area contributed by atoms with Crippen LogP contribution in [0, 0.1) is 6.92 Å². The zero-order valence-corrected chi connectivity index (χ0v) is 12.9. The normalized spacial score (nSPS) is 11.3. The van der Waals surface area contributed by atoms with Gasteiger partial charge in [0.1, 0.15) is 12.4 Å². The lowest BCUT2D eigenvalue weighted by molar-refractivity contribution is 0.294. The van der Waals surface area contributed by atoms with Gasteiger partial charge in [-0.15, -0.1) is 0 Å². The number of aryl methyl sites for hydroxylation is 1. The predicted molar refractivity (Wildman–Crippen MR) is 80.4 cm³/mol. The molecular formula is C14H14ClNO4S. The third-order valence-corrected chi connectivity index (χ3v) is 4.27. The highest BCUT2D eigenvalue weighted by atomic mass is 35.7. The van der Waals surface area contributed by atoms with E-state index in [4.69, 9.17) is 15.4 Å². The number of aromatic nitrogens is 1. The van der Waals surface area contributed by atoms with Crippen molar-refractivity contribution in [1.82, 2.24) is 4.57 Å². The predicted octanol–water partition coefficient (Wildman–Crippen LogP) is 2.16. The molecule has 2 rings (SSSR count). The molecule has 0 aliphatic heterocycles. The quantitative estimate of drug-likeness (QED) is 0.789. The highest BCUT2D eigenvalue weighted by molar-refractivity contribution is 8.13. The average molecular weight is 328 g/mol. The lowest BCUT2D eigenvalue weighted by Crippen LogP contribution is -2.21. The number of hydrogen-bond acceptors (Lipinski definition) is 4. The van der Waals surface area contributed by atoms with Gasteiger partial charge in [0, 0.05) is 22.9 Å². The lowest BCUT2D eigenvalue weighted by atomic mass is 10.2. The van der Waals surface area contributed by atoms with E-state index in [-0.39, 0.29) is 10.5 Å². The summed E-state index contributed by atoms with van der Waals surface area (Å²) in [7, 11) is 1.54. The molecule has 5 nitrogen and oxygen atoms in total. The number of nitrogens with zero attached hydrogens (tertiary/aromatic N) is 1. The average Bonchev–Trinajstić information content (AvgIpc) is 2.41. The maximum atomic E-state index is 11.5. The molecule has 1 aromatic carbocycles. The molecule has 0 aliphatic carbocycles. The molecule has 0 aliphatic rings. The van der Waals surface area contributed by atoms with Gasteiger partial charge in [0.15, 0.2) is 0 Å². The summed E-state index contributed by atoms with van der Waals surface area (Å²) in [5.41, 5.74) is 0.568. The Bertz CT molecular complexity index is 799. The van der Waals surface area contributed by atoms with Crippen LogP contribution >= 0.6 is 10.7 Å². The van der Waals surface area contributed by atoms with Crippen molar-refractivity contribution in [2.75, 3.05) is 6.61 Å². The molecule has 0 bridgehead atoms. The second kappa shape index (κ2) is 6.32. The van der Waals surface area contributed by atoms with Crippen LogP contribution in [-0.4, -0.2) is 19.6 Å². The molecule has 0 saturated heterocycles. The Morgan fingerprint density at radius 2 is 2.00 bits per heavy atom. The Morgan fingerprint density at radius 3 is 2.62 bits per heavy atom. The first-order chi connectivity index (χ1) is 9.88. The SMILES string of the molecule is Cc1cc(S(=O)(=O)Cl)ccc1OCCn1ccccc1=O. The maximum Gasteiger partial charge on any atom is 0.261 e. The number of hydrogen-bond donors (Lipinski definition) is 0. The van der Waals surface area contributed by atoms with Crippen LogP contribution in [0.1, 0.15) is 5.56 Å². The van der Waals surface area contributed by atoms with Crippen molar-refractivity contribution in [3.05, 3.63) is 58.5 Å². The third kappa shape index (κ3) is 4.09. The monoisotopic (exact) mass is 327 g/mol. The Balaban J connectivity index is 2.05. The first kappa shape index (κ1) is 15.6. The summed E-state index contributed by atoms with van der Waals surface area (Å²) < 4.78 is 29.5. The molecule has 2 aromatic rings. The minimum atomic E-state index is -3.74. The van der Waals surface area contributed by atoms with Gasteiger partial charge in [-0.05, 0) is 36.8 Å². The molecule has 112 valence electrons. The van der Waals surface area contributed by atoms with E-state index >= 15 is 0 Å². The van der Waals surface area contributed by atoms with Gasteiger partial charge in [0.2, 0.25) is 0 Å². The van der Waals surface area contributed by atoms with Crippen molar-refractivity contribution in [2.24, 2.45) is 0 Å². The summed E-state index contributed by atoms with van der Waals surface area (Å²) in [6.07, 6.45) is 1.68. The number of rotatable bonds is 5. The van der Waals surface area contributed by atoms with E-state index in [0.717, 1.165) is 0 Å². The second-order valence-corrected chi connectivity index (χ2v) is 7.01. The zero-order chi connectivity index (χ0) is 15.5. The first-order valence-electron chi connectivity index (χ1n) is 6.21. The van der Waals surface area contributed by atoms with Gasteiger partial charge < -0.3 is 9.30 Å². The van der Waals surface area contributed by atoms with Crippen LogP contribution in [0.25, 0.3) is 0 Å². The molecule has 21 heavy (non-hydrogen) atoms. The molecule has 0 saturated carbocycles. The Kier molecular flexibility index (Phi) is 4.69. The maximum absolute atomic E-state index is 11.5. The van der Waals surface area contributed by atoms with Crippen molar-refractivity contribution in [3.8, 4) is 5.75 Å². The number of ether oxygens (including phenoxy) is 1. The number of halogens is 1. The van der Waals surface area contributed by atoms with E-state index < -0.39 is 9.05 Å². The van der Waals surface area contributed by atoms with E-state index in [9.17, 15) is 13.2 Å². The fourth-order valence-electron chi connectivity index (χ4n) is 1.83. The fourth-order valence-corrected chi connectivity index (χ4v) is 2.67. The number of pyridine rings is 1. The van der Waals surface area contributed by atoms with Gasteiger partial charge in [-0.25, -0.2) is 8.42 Å². The molecule has 1 heterocycles. The van der Waals surface area contributed by atoms with Gasteiger partial charge in [0.05, 0.1) is 11.4 Å². The molecule has 0 unspecified atom stereocenters. The molecule has 0 fully saturated rings. The summed E-state index contributed by atoms with van der Waals surface area (Å²) in [5.74, 6) is 0.558. The molecule has 0 N–H and O–H groups in total. The van der Waals surface area contributed by atoms with Crippen LogP contribution in [0.3, 0.4) is 0 Å². The summed E-state index contributed by atoms with van der Waals surface area (Å²) >= 11 is 0. The van der Waals surface area contributed by atoms with Gasteiger partial charge >= 0.3 is 0 Å². The van der Waals surface area contributed by atoms with Crippen LogP contribution in [0.2, 0.25) is 0 Å². The van der Waals surface area contributed by atoms with E-state index in [2.05, 4.69) is 0 Å². The van der Waals surface area contributed by atoms with E-state index in [1.165, 1.54) is 22.8 Å². The van der Waals surface area contributed by atoms with E-state index in [1.807, 2.05) is 0 Å². The largest absolute Gasteiger partial charge is 0.491 e. The van der Waals surface area contributed by atoms with Crippen LogP contribution < -0.4 is 10.3 Å². The summed E-state index contributed by atoms with van der Waals surface area (Å²) in [6.45, 7) is 2.45. The van der Waals surface area contributed by atoms with Crippen molar-refractivity contribution in [3.63, 3.8) is 0 Å². The van der Waals surface area contributed by atoms with Crippen LogP contribution in [0.15, 0.2) is 52.3 Å². The Hall–Kier alpha value is -1.79. The van der Waals surface area contributed by atoms with E-state index in [1.54, 1.807) is 31.3 Å². The fraction of sp³-hybridized carbons (Fsp3) is 0.214. The van der Waals surface area contributed by atoms with Crippen molar-refractivity contribution in [1.29, 1.82) is 0 Å². The van der Waals surface area contributed by atoms with Crippen molar-refractivity contribution < 1.29 is 13.2 Å². The van der Waals surface area contributed by atoms with Gasteiger partial charge in [0.25, 0.3) is 14.6 Å². The standard InChI is InChI=1S/C14H14ClNO4S/c1-11-10-12(21(15,18)19)5-6-13(11)20-9-8-16-7-3-2-4-14(16)17/h2-7,10H,8-9H2,1H3. The van der Waals surface area contributed by atoms with Gasteiger partial charge in [-0.1, -0.05) is 6.07 Å². The minimum absolute atomic E-state index is 0.0355. The molecule has 0 atom stereocenters. The molecule has 0 radical (unpaired) electrons. The summed E-state index contributed by atoms with van der Waals surface area (Å²) in [5, 5.41) is 0. The highest BCUT2D eigenvalue weighted by Crippen LogP contribution is 2.23. The molecule has 1 aromatic heterocycles. The zero-order valence-electron chi connectivity index (χ0n) is 11.3. The molecule has 0 amide bonds. The minimum Gasteiger partial charge on any atom is -0.491 e. The summed E-state index contributed by atoms with van der Waals surface area (Å²) in [6, 6.07) is 9.32. The molecular weight excluding hydrogens is 314 g/mol. The van der Waals surface area contributed by atoms with Crippen LogP contribution in [0.5, 0.6) is 5.75 Å². The van der Waals surface area contributed by atoms with Gasteiger partial charge in [-0.3, -0.25) is 4.79 Å². The third-order valence-electron chi connectivity index (χ3n) is 2.92. The van der Waals surface area contributed by atoms with Crippen molar-refractivity contribution >= 4 is 19.7 Å². The Morgan fingerprint density at radius 1 is 1.24 bits per heavy atom. The highest BCUT2D eigenvalue weighted by Gasteiger charge is 2.11. The lowest BCUT2D eigenvalue weighted by Gasteiger charge is -2.11. The number of benzene rings is 1. The first-order valence-corrected chi connectivity index (χ1v) is 8.52. The second-order valence-electron chi connectivity index (χ2n) is 4.45. The van der Waals surface area contributed by atoms with Crippen LogP contribution in [-0.2, 0) is 15.6 Å². The topological polar surface area (TPSA) is 65.4 Å². The van der Waals surface area contributed by atoms with Crippen molar-refractivity contribution in [2.45, 2.75) is 18.4 Å². The van der Waals surface area contributed by atoms with E-state index in [0.29, 0.717) is 24.5 Å². The van der Waals surface area contributed by atoms with Gasteiger partial charge in [-0.2, -0.15) is 0 Å².